The van der Waals surface area contributed by atoms with E-state index in [1.54, 1.807) is 0 Å². The van der Waals surface area contributed by atoms with Gasteiger partial charge in [-0.15, -0.1) is 0 Å². The number of hydrogen-bond acceptors (Lipinski definition) is 3. The first kappa shape index (κ1) is 17.2. The highest BCUT2D eigenvalue weighted by molar-refractivity contribution is 5.82. The zero-order valence-electron chi connectivity index (χ0n) is 12.1. The molecule has 0 rings (SSSR count). The summed E-state index contributed by atoms with van der Waals surface area (Å²) in [6.45, 7) is 7.18. The average Bonchev–Trinajstić information content (AvgIpc) is 2.24. The lowest BCUT2D eigenvalue weighted by Gasteiger charge is -2.22. The van der Waals surface area contributed by atoms with Crippen LogP contribution in [0.2, 0.25) is 0 Å². The van der Waals surface area contributed by atoms with E-state index in [1.807, 2.05) is 20.8 Å². The SMILES string of the molecule is CC(C(=O)O)N(C)C(=O)NCCC(=O)NC(C)(C)C. The summed E-state index contributed by atoms with van der Waals surface area (Å²) in [5.74, 6) is -1.25. The number of likely N-dealkylation sites (N-methyl/N-ethyl adjacent to an activating group) is 1. The third kappa shape index (κ3) is 7.28. The molecule has 19 heavy (non-hydrogen) atoms. The largest absolute Gasteiger partial charge is 0.480 e. The van der Waals surface area contributed by atoms with E-state index in [0.29, 0.717) is 0 Å². The van der Waals surface area contributed by atoms with Gasteiger partial charge in [-0.2, -0.15) is 0 Å². The molecule has 0 aromatic carbocycles. The lowest BCUT2D eigenvalue weighted by molar-refractivity contribution is -0.141. The molecule has 0 aliphatic heterocycles. The molecule has 0 radical (unpaired) electrons. The molecule has 0 aliphatic rings. The highest BCUT2D eigenvalue weighted by Gasteiger charge is 2.21. The van der Waals surface area contributed by atoms with Crippen molar-refractivity contribution in [1.29, 1.82) is 0 Å². The minimum Gasteiger partial charge on any atom is -0.480 e. The van der Waals surface area contributed by atoms with Crippen molar-refractivity contribution >= 4 is 17.9 Å². The molecule has 0 spiro atoms. The lowest BCUT2D eigenvalue weighted by atomic mass is 10.1. The van der Waals surface area contributed by atoms with Crippen molar-refractivity contribution in [2.45, 2.75) is 45.7 Å². The van der Waals surface area contributed by atoms with Crippen LogP contribution in [0, 0.1) is 0 Å². The second kappa shape index (κ2) is 6.96. The van der Waals surface area contributed by atoms with E-state index in [-0.39, 0.29) is 24.4 Å². The highest BCUT2D eigenvalue weighted by atomic mass is 16.4. The number of carboxylic acid groups (broad SMARTS) is 1. The summed E-state index contributed by atoms with van der Waals surface area (Å²) in [5, 5.41) is 14.0. The number of aliphatic carboxylic acids is 1. The first-order valence-corrected chi connectivity index (χ1v) is 6.09. The molecular formula is C12H23N3O4. The summed E-state index contributed by atoms with van der Waals surface area (Å²) >= 11 is 0. The number of rotatable bonds is 5. The van der Waals surface area contributed by atoms with Gasteiger partial charge in [-0.25, -0.2) is 9.59 Å². The third-order valence-corrected chi connectivity index (χ3v) is 2.40. The Balaban J connectivity index is 4.05. The molecule has 3 amide bonds. The molecule has 0 fully saturated rings. The van der Waals surface area contributed by atoms with Crippen LogP contribution in [-0.2, 0) is 9.59 Å². The molecule has 1 unspecified atom stereocenters. The Morgan fingerprint density at radius 2 is 1.79 bits per heavy atom. The van der Waals surface area contributed by atoms with E-state index in [4.69, 9.17) is 5.11 Å². The van der Waals surface area contributed by atoms with E-state index in [0.717, 1.165) is 4.90 Å². The molecule has 0 aromatic rings. The number of carboxylic acids is 1. The molecule has 110 valence electrons. The average molecular weight is 273 g/mol. The summed E-state index contributed by atoms with van der Waals surface area (Å²) in [6.07, 6.45) is 0.151. The van der Waals surface area contributed by atoms with E-state index >= 15 is 0 Å². The topological polar surface area (TPSA) is 98.7 Å². The summed E-state index contributed by atoms with van der Waals surface area (Å²) < 4.78 is 0. The second-order valence-electron chi connectivity index (χ2n) is 5.41. The van der Waals surface area contributed by atoms with Crippen LogP contribution in [-0.4, -0.2) is 53.1 Å². The van der Waals surface area contributed by atoms with Crippen molar-refractivity contribution < 1.29 is 19.5 Å². The van der Waals surface area contributed by atoms with Gasteiger partial charge in [0, 0.05) is 25.6 Å². The van der Waals surface area contributed by atoms with Crippen LogP contribution in [0.5, 0.6) is 0 Å². The number of nitrogens with zero attached hydrogens (tertiary/aromatic N) is 1. The Morgan fingerprint density at radius 1 is 1.26 bits per heavy atom. The first-order valence-electron chi connectivity index (χ1n) is 6.09. The van der Waals surface area contributed by atoms with E-state index in [9.17, 15) is 14.4 Å². The molecule has 7 heteroatoms. The molecule has 0 saturated heterocycles. The van der Waals surface area contributed by atoms with Crippen molar-refractivity contribution in [2.75, 3.05) is 13.6 Å². The minimum absolute atomic E-state index is 0.151. The molecule has 0 aromatic heterocycles. The fraction of sp³-hybridized carbons (Fsp3) is 0.750. The zero-order valence-corrected chi connectivity index (χ0v) is 12.1. The number of hydrogen-bond donors (Lipinski definition) is 3. The zero-order chi connectivity index (χ0) is 15.2. The Morgan fingerprint density at radius 3 is 2.21 bits per heavy atom. The summed E-state index contributed by atoms with van der Waals surface area (Å²) in [7, 11) is 1.39. The molecule has 3 N–H and O–H groups in total. The number of urea groups is 1. The molecule has 1 atom stereocenters. The maximum absolute atomic E-state index is 11.6. The summed E-state index contributed by atoms with van der Waals surface area (Å²) in [6, 6.07) is -1.43. The van der Waals surface area contributed by atoms with Gasteiger partial charge >= 0.3 is 12.0 Å². The van der Waals surface area contributed by atoms with Crippen molar-refractivity contribution in [3.8, 4) is 0 Å². The van der Waals surface area contributed by atoms with E-state index in [2.05, 4.69) is 10.6 Å². The summed E-state index contributed by atoms with van der Waals surface area (Å²) in [5.41, 5.74) is -0.310. The van der Waals surface area contributed by atoms with Crippen LogP contribution in [0.4, 0.5) is 4.79 Å². The number of carbonyl (C=O) groups is 3. The fourth-order valence-corrected chi connectivity index (χ4v) is 1.23. The molecular weight excluding hydrogens is 250 g/mol. The van der Waals surface area contributed by atoms with Gasteiger partial charge in [-0.1, -0.05) is 0 Å². The standard InChI is InChI=1S/C12H23N3O4/c1-8(10(17)18)15(5)11(19)13-7-6-9(16)14-12(2,3)4/h8H,6-7H2,1-5H3,(H,13,19)(H,14,16)(H,17,18). The predicted molar refractivity (Wildman–Crippen MR) is 70.8 cm³/mol. The number of carbonyl (C=O) groups excluding carboxylic acids is 2. The van der Waals surface area contributed by atoms with Gasteiger partial charge in [0.15, 0.2) is 0 Å². The fourth-order valence-electron chi connectivity index (χ4n) is 1.23. The van der Waals surface area contributed by atoms with Gasteiger partial charge in [-0.05, 0) is 27.7 Å². The van der Waals surface area contributed by atoms with Gasteiger partial charge in [0.05, 0.1) is 0 Å². The van der Waals surface area contributed by atoms with Crippen molar-refractivity contribution in [2.24, 2.45) is 0 Å². The van der Waals surface area contributed by atoms with Gasteiger partial charge in [0.25, 0.3) is 0 Å². The molecule has 0 bridgehead atoms. The quantitative estimate of drug-likeness (QED) is 0.675. The molecule has 7 nitrogen and oxygen atoms in total. The monoisotopic (exact) mass is 273 g/mol. The van der Waals surface area contributed by atoms with Crippen molar-refractivity contribution in [1.82, 2.24) is 15.5 Å². The van der Waals surface area contributed by atoms with Gasteiger partial charge in [0.1, 0.15) is 6.04 Å². The van der Waals surface area contributed by atoms with Crippen LogP contribution in [0.3, 0.4) is 0 Å². The Labute approximate surface area is 113 Å². The Bertz CT molecular complexity index is 349. The normalized spacial score (nSPS) is 12.5. The Kier molecular flexibility index (Phi) is 6.31. The van der Waals surface area contributed by atoms with Crippen molar-refractivity contribution in [3.05, 3.63) is 0 Å². The van der Waals surface area contributed by atoms with Crippen LogP contribution in [0.1, 0.15) is 34.1 Å². The molecule has 0 aliphatic carbocycles. The van der Waals surface area contributed by atoms with Gasteiger partial charge in [-0.3, -0.25) is 4.79 Å². The van der Waals surface area contributed by atoms with Gasteiger partial charge in [0.2, 0.25) is 5.91 Å². The smallest absolute Gasteiger partial charge is 0.326 e. The predicted octanol–water partition coefficient (Wildman–Crippen LogP) is 0.406. The van der Waals surface area contributed by atoms with Crippen LogP contribution < -0.4 is 10.6 Å². The minimum atomic E-state index is -1.08. The Hall–Kier alpha value is -1.79. The maximum atomic E-state index is 11.6. The van der Waals surface area contributed by atoms with Crippen LogP contribution in [0.25, 0.3) is 0 Å². The van der Waals surface area contributed by atoms with Crippen molar-refractivity contribution in [3.63, 3.8) is 0 Å². The molecule has 0 saturated carbocycles. The maximum Gasteiger partial charge on any atom is 0.326 e. The third-order valence-electron chi connectivity index (χ3n) is 2.40. The molecule has 0 heterocycles. The van der Waals surface area contributed by atoms with E-state index < -0.39 is 18.0 Å². The number of nitrogens with one attached hydrogen (secondary N) is 2. The first-order chi connectivity index (χ1) is 8.54. The van der Waals surface area contributed by atoms with E-state index in [1.165, 1.54) is 14.0 Å². The van der Waals surface area contributed by atoms with Gasteiger partial charge < -0.3 is 20.6 Å². The van der Waals surface area contributed by atoms with Crippen LogP contribution >= 0.6 is 0 Å². The van der Waals surface area contributed by atoms with Crippen LogP contribution in [0.15, 0.2) is 0 Å². The summed E-state index contributed by atoms with van der Waals surface area (Å²) in [4.78, 5) is 34.8. The lowest BCUT2D eigenvalue weighted by Crippen LogP contribution is -2.47. The highest BCUT2D eigenvalue weighted by Crippen LogP contribution is 1.99. The second-order valence-corrected chi connectivity index (χ2v) is 5.41. The number of amides is 3.